The zero-order chi connectivity index (χ0) is 23.5. The monoisotopic (exact) mass is 475 g/mol. The van der Waals surface area contributed by atoms with Crippen LogP contribution in [0.2, 0.25) is 5.02 Å². The molecule has 1 aliphatic rings. The van der Waals surface area contributed by atoms with Gasteiger partial charge in [-0.3, -0.25) is 9.78 Å². The molecule has 2 aromatic heterocycles. The van der Waals surface area contributed by atoms with Gasteiger partial charge in [0.2, 0.25) is 0 Å². The minimum atomic E-state index is -0.863. The van der Waals surface area contributed by atoms with Gasteiger partial charge in [-0.25, -0.2) is 0 Å². The van der Waals surface area contributed by atoms with Gasteiger partial charge < -0.3 is 19.7 Å². The number of carboxylic acid groups (broad SMARTS) is 1. The first-order valence-electron chi connectivity index (χ1n) is 11.5. The van der Waals surface area contributed by atoms with Crippen molar-refractivity contribution in [1.82, 2.24) is 9.55 Å². The largest absolute Gasteiger partial charge is 0.493 e. The van der Waals surface area contributed by atoms with Crippen molar-refractivity contribution in [3.05, 3.63) is 88.8 Å². The summed E-state index contributed by atoms with van der Waals surface area (Å²) in [5.41, 5.74) is 5.13. The molecule has 1 unspecified atom stereocenters. The number of hydrogen-bond donors (Lipinski definition) is 2. The van der Waals surface area contributed by atoms with E-state index in [1.54, 1.807) is 6.07 Å². The first-order chi connectivity index (χ1) is 16.6. The van der Waals surface area contributed by atoms with Gasteiger partial charge in [-0.05, 0) is 66.9 Å². The maximum Gasteiger partial charge on any atom is 0.305 e. The second kappa shape index (κ2) is 9.77. The van der Waals surface area contributed by atoms with E-state index in [1.165, 1.54) is 0 Å². The van der Waals surface area contributed by atoms with Gasteiger partial charge in [0.15, 0.2) is 0 Å². The Bertz CT molecular complexity index is 1330. The minimum Gasteiger partial charge on any atom is -0.493 e. The molecule has 0 radical (unpaired) electrons. The third kappa shape index (κ3) is 4.87. The van der Waals surface area contributed by atoms with Crippen molar-refractivity contribution in [3.63, 3.8) is 0 Å². The highest BCUT2D eigenvalue weighted by Gasteiger charge is 2.20. The molecule has 6 nitrogen and oxygen atoms in total. The van der Waals surface area contributed by atoms with Gasteiger partial charge in [0.1, 0.15) is 5.75 Å². The molecule has 5 rings (SSSR count). The Kier molecular flexibility index (Phi) is 6.41. The zero-order valence-electron chi connectivity index (χ0n) is 18.7. The fraction of sp³-hybridized carbons (Fsp3) is 0.259. The van der Waals surface area contributed by atoms with Crippen LogP contribution < -0.4 is 10.1 Å². The van der Waals surface area contributed by atoms with Crippen LogP contribution >= 0.6 is 11.6 Å². The van der Waals surface area contributed by atoms with Gasteiger partial charge in [-0.15, -0.1) is 0 Å². The molecular formula is C27H26ClN3O3. The van der Waals surface area contributed by atoms with Crippen molar-refractivity contribution < 1.29 is 14.6 Å². The second-order valence-electron chi connectivity index (χ2n) is 8.54. The van der Waals surface area contributed by atoms with E-state index in [4.69, 9.17) is 21.3 Å². The molecule has 174 valence electrons. The van der Waals surface area contributed by atoms with E-state index in [9.17, 15) is 9.90 Å². The fourth-order valence-corrected chi connectivity index (χ4v) is 4.75. The number of aromatic nitrogens is 2. The number of nitrogens with one attached hydrogen (secondary N) is 1. The Morgan fingerprint density at radius 2 is 2.09 bits per heavy atom. The number of halogens is 1. The molecule has 0 bridgehead atoms. The molecule has 2 N–H and O–H groups in total. The van der Waals surface area contributed by atoms with Crippen LogP contribution in [0.5, 0.6) is 5.75 Å². The van der Waals surface area contributed by atoms with Crippen LogP contribution in [0.25, 0.3) is 10.9 Å². The molecule has 0 amide bonds. The lowest BCUT2D eigenvalue weighted by Crippen LogP contribution is -2.14. The molecular weight excluding hydrogens is 450 g/mol. The second-order valence-corrected chi connectivity index (χ2v) is 8.97. The molecule has 0 spiro atoms. The van der Waals surface area contributed by atoms with Crippen LogP contribution in [0.1, 0.15) is 35.8 Å². The average molecular weight is 476 g/mol. The predicted octanol–water partition coefficient (Wildman–Crippen LogP) is 5.73. The standard InChI is InChI=1S/C27H26ClN3O3/c28-20-4-1-3-18(15-20)26(17-27(32)33)31-13-10-19-16-22(7-9-25(19)31)34-14-11-21-6-8-23-24(30-21)5-2-12-29-23/h1,3-4,6-10,13,15-16,26,29H,2,5,11-12,14,17H2,(H,32,33). The van der Waals surface area contributed by atoms with E-state index in [2.05, 4.69) is 17.4 Å². The molecule has 1 aliphatic heterocycles. The van der Waals surface area contributed by atoms with Crippen LogP contribution in [-0.2, 0) is 17.6 Å². The Hall–Kier alpha value is -3.51. The molecule has 0 fully saturated rings. The lowest BCUT2D eigenvalue weighted by molar-refractivity contribution is -0.137. The molecule has 3 heterocycles. The van der Waals surface area contributed by atoms with Crippen LogP contribution in [-0.4, -0.2) is 33.8 Å². The first kappa shape index (κ1) is 22.3. The number of aryl methyl sites for hydroxylation is 1. The number of anilines is 1. The molecule has 0 saturated carbocycles. The predicted molar refractivity (Wildman–Crippen MR) is 134 cm³/mol. The van der Waals surface area contributed by atoms with Crippen LogP contribution in [0.4, 0.5) is 5.69 Å². The van der Waals surface area contributed by atoms with E-state index in [0.29, 0.717) is 11.6 Å². The number of ether oxygens (including phenoxy) is 1. The third-order valence-corrected chi connectivity index (χ3v) is 6.43. The van der Waals surface area contributed by atoms with E-state index in [-0.39, 0.29) is 12.5 Å². The van der Waals surface area contributed by atoms with Gasteiger partial charge in [0.25, 0.3) is 0 Å². The summed E-state index contributed by atoms with van der Waals surface area (Å²) in [6.07, 6.45) is 4.76. The maximum atomic E-state index is 11.6. The normalized spacial score (nSPS) is 13.8. The summed E-state index contributed by atoms with van der Waals surface area (Å²) in [5, 5.41) is 14.5. The minimum absolute atomic E-state index is 0.0360. The molecule has 7 heteroatoms. The summed E-state index contributed by atoms with van der Waals surface area (Å²) in [6, 6.07) is 19.1. The summed E-state index contributed by atoms with van der Waals surface area (Å²) >= 11 is 6.17. The fourth-order valence-electron chi connectivity index (χ4n) is 4.55. The summed E-state index contributed by atoms with van der Waals surface area (Å²) in [4.78, 5) is 16.4. The van der Waals surface area contributed by atoms with Gasteiger partial charge in [0.05, 0.1) is 30.5 Å². The summed E-state index contributed by atoms with van der Waals surface area (Å²) in [7, 11) is 0. The lowest BCUT2D eigenvalue weighted by Gasteiger charge is -2.19. The molecule has 2 aromatic carbocycles. The number of pyridine rings is 1. The van der Waals surface area contributed by atoms with Crippen molar-refractivity contribution in [3.8, 4) is 5.75 Å². The number of rotatable bonds is 8. The van der Waals surface area contributed by atoms with Crippen molar-refractivity contribution >= 4 is 34.2 Å². The molecule has 4 aromatic rings. The van der Waals surface area contributed by atoms with E-state index >= 15 is 0 Å². The van der Waals surface area contributed by atoms with Crippen LogP contribution in [0, 0.1) is 0 Å². The van der Waals surface area contributed by atoms with Crippen LogP contribution in [0.15, 0.2) is 66.9 Å². The number of benzene rings is 2. The van der Waals surface area contributed by atoms with Crippen molar-refractivity contribution in [2.75, 3.05) is 18.5 Å². The summed E-state index contributed by atoms with van der Waals surface area (Å²) in [6.45, 7) is 1.55. The lowest BCUT2D eigenvalue weighted by atomic mass is 10.0. The first-order valence-corrected chi connectivity index (χ1v) is 11.9. The smallest absolute Gasteiger partial charge is 0.305 e. The van der Waals surface area contributed by atoms with Gasteiger partial charge in [0, 0.05) is 40.8 Å². The molecule has 34 heavy (non-hydrogen) atoms. The molecule has 0 saturated heterocycles. The molecule has 1 atom stereocenters. The van der Waals surface area contributed by atoms with Gasteiger partial charge >= 0.3 is 5.97 Å². The van der Waals surface area contributed by atoms with Crippen molar-refractivity contribution in [1.29, 1.82) is 0 Å². The Morgan fingerprint density at radius 1 is 1.18 bits per heavy atom. The SMILES string of the molecule is O=C(O)CC(c1cccc(Cl)c1)n1ccc2cc(OCCc3ccc4c(n3)CCCN4)ccc21. The average Bonchev–Trinajstić information content (AvgIpc) is 3.25. The highest BCUT2D eigenvalue weighted by Crippen LogP contribution is 2.31. The van der Waals surface area contributed by atoms with E-state index in [1.807, 2.05) is 53.2 Å². The summed E-state index contributed by atoms with van der Waals surface area (Å²) in [5.74, 6) is -0.0826. The quantitative estimate of drug-likeness (QED) is 0.340. The van der Waals surface area contributed by atoms with E-state index < -0.39 is 5.97 Å². The Labute approximate surface area is 203 Å². The van der Waals surface area contributed by atoms with Crippen molar-refractivity contribution in [2.24, 2.45) is 0 Å². The number of nitrogens with zero attached hydrogens (tertiary/aromatic N) is 2. The number of hydrogen-bond acceptors (Lipinski definition) is 4. The molecule has 0 aliphatic carbocycles. The van der Waals surface area contributed by atoms with E-state index in [0.717, 1.165) is 65.1 Å². The third-order valence-electron chi connectivity index (χ3n) is 6.19. The highest BCUT2D eigenvalue weighted by molar-refractivity contribution is 6.30. The number of carbonyl (C=O) groups is 1. The highest BCUT2D eigenvalue weighted by atomic mass is 35.5. The van der Waals surface area contributed by atoms with Crippen molar-refractivity contribution in [2.45, 2.75) is 31.7 Å². The number of carboxylic acids is 1. The van der Waals surface area contributed by atoms with Crippen LogP contribution in [0.3, 0.4) is 0 Å². The topological polar surface area (TPSA) is 76.4 Å². The van der Waals surface area contributed by atoms with Gasteiger partial charge in [-0.2, -0.15) is 0 Å². The number of fused-ring (bicyclic) bond motifs is 2. The van der Waals surface area contributed by atoms with Gasteiger partial charge in [-0.1, -0.05) is 23.7 Å². The zero-order valence-corrected chi connectivity index (χ0v) is 19.5. The summed E-state index contributed by atoms with van der Waals surface area (Å²) < 4.78 is 8.01. The number of aliphatic carboxylic acids is 1. The Morgan fingerprint density at radius 3 is 2.94 bits per heavy atom. The Balaban J connectivity index is 1.31. The maximum absolute atomic E-state index is 11.6.